The molecular weight excluding hydrogens is 532 g/mol. The average molecular weight is 552 g/mol. The van der Waals surface area contributed by atoms with Gasteiger partial charge in [-0.15, -0.1) is 0 Å². The maximum atomic E-state index is 15.0. The molecule has 0 spiro atoms. The third-order valence-electron chi connectivity index (χ3n) is 6.02. The molecule has 3 heterocycles. The summed E-state index contributed by atoms with van der Waals surface area (Å²) < 4.78 is 57.2. The molecule has 0 aliphatic rings. The SMILES string of the molecule is O=C(Cc1ccccn1)CS(=O)(=O)c1cn(Cc2cccc(-c3ccncc3Cl)c2)c2cc(F)cc(F)c12. The summed E-state index contributed by atoms with van der Waals surface area (Å²) in [4.78, 5) is 20.2. The summed E-state index contributed by atoms with van der Waals surface area (Å²) >= 11 is 6.28. The number of carbonyl (C=O) groups excluding carboxylic acids is 1. The maximum Gasteiger partial charge on any atom is 0.187 e. The third-order valence-corrected chi connectivity index (χ3v) is 8.00. The van der Waals surface area contributed by atoms with Gasteiger partial charge < -0.3 is 4.57 Å². The van der Waals surface area contributed by atoms with Gasteiger partial charge in [0.05, 0.1) is 20.8 Å². The number of carbonyl (C=O) groups is 1. The molecule has 0 saturated carbocycles. The van der Waals surface area contributed by atoms with Gasteiger partial charge in [-0.3, -0.25) is 14.8 Å². The molecule has 6 nitrogen and oxygen atoms in total. The largest absolute Gasteiger partial charge is 0.342 e. The number of sulfone groups is 1. The van der Waals surface area contributed by atoms with E-state index >= 15 is 0 Å². The van der Waals surface area contributed by atoms with Gasteiger partial charge in [0.2, 0.25) is 0 Å². The molecule has 5 rings (SSSR count). The van der Waals surface area contributed by atoms with E-state index in [1.165, 1.54) is 23.2 Å². The van der Waals surface area contributed by atoms with Crippen molar-refractivity contribution in [2.45, 2.75) is 17.9 Å². The Kier molecular flexibility index (Phi) is 7.05. The van der Waals surface area contributed by atoms with Crippen molar-refractivity contribution in [3.63, 3.8) is 0 Å². The predicted molar refractivity (Wildman–Crippen MR) is 141 cm³/mol. The molecular formula is C28H20ClF2N3O3S. The number of hydrogen-bond donors (Lipinski definition) is 0. The summed E-state index contributed by atoms with van der Waals surface area (Å²) in [6.07, 6.45) is 5.72. The van der Waals surface area contributed by atoms with Crippen LogP contribution in [-0.2, 0) is 27.6 Å². The average Bonchev–Trinajstić information content (AvgIpc) is 3.24. The van der Waals surface area contributed by atoms with Gasteiger partial charge in [-0.25, -0.2) is 17.2 Å². The van der Waals surface area contributed by atoms with Crippen molar-refractivity contribution < 1.29 is 22.0 Å². The molecule has 0 unspecified atom stereocenters. The smallest absolute Gasteiger partial charge is 0.187 e. The lowest BCUT2D eigenvalue weighted by atomic mass is 10.0. The summed E-state index contributed by atoms with van der Waals surface area (Å²) in [7, 11) is -4.25. The van der Waals surface area contributed by atoms with Crippen LogP contribution in [0.4, 0.5) is 8.78 Å². The second kappa shape index (κ2) is 10.4. The first-order valence-electron chi connectivity index (χ1n) is 11.5. The van der Waals surface area contributed by atoms with E-state index in [1.807, 2.05) is 24.3 Å². The van der Waals surface area contributed by atoms with Gasteiger partial charge in [0.15, 0.2) is 15.6 Å². The number of Topliss-reactive ketones (excluding diaryl/α,β-unsaturated/α-hetero) is 1. The van der Waals surface area contributed by atoms with E-state index in [4.69, 9.17) is 11.6 Å². The molecule has 0 saturated heterocycles. The maximum absolute atomic E-state index is 15.0. The van der Waals surface area contributed by atoms with Crippen LogP contribution in [0.1, 0.15) is 11.3 Å². The number of halogens is 3. The van der Waals surface area contributed by atoms with Crippen LogP contribution in [0.3, 0.4) is 0 Å². The van der Waals surface area contributed by atoms with E-state index < -0.39 is 33.0 Å². The molecule has 0 amide bonds. The summed E-state index contributed by atoms with van der Waals surface area (Å²) in [5.41, 5.74) is 2.79. The molecule has 192 valence electrons. The molecule has 0 radical (unpaired) electrons. The fourth-order valence-electron chi connectivity index (χ4n) is 4.36. The van der Waals surface area contributed by atoms with Crippen LogP contribution in [0.25, 0.3) is 22.0 Å². The first kappa shape index (κ1) is 25.7. The number of nitrogens with zero attached hydrogens (tertiary/aromatic N) is 3. The summed E-state index contributed by atoms with van der Waals surface area (Å²) in [6.45, 7) is 0.118. The lowest BCUT2D eigenvalue weighted by molar-refractivity contribution is -0.116. The van der Waals surface area contributed by atoms with Crippen LogP contribution in [-0.4, -0.2) is 34.5 Å². The first-order valence-corrected chi connectivity index (χ1v) is 13.6. The van der Waals surface area contributed by atoms with Crippen molar-refractivity contribution in [3.8, 4) is 11.1 Å². The van der Waals surface area contributed by atoms with E-state index in [-0.39, 0.29) is 28.8 Å². The Balaban J connectivity index is 1.52. The van der Waals surface area contributed by atoms with Crippen LogP contribution in [0.2, 0.25) is 5.02 Å². The molecule has 5 aromatic rings. The summed E-state index contributed by atoms with van der Waals surface area (Å²) in [6, 6.07) is 15.8. The number of aromatic nitrogens is 3. The van der Waals surface area contributed by atoms with Crippen LogP contribution < -0.4 is 0 Å². The van der Waals surface area contributed by atoms with Crippen LogP contribution in [0.5, 0.6) is 0 Å². The van der Waals surface area contributed by atoms with Crippen molar-refractivity contribution in [1.82, 2.24) is 14.5 Å². The van der Waals surface area contributed by atoms with E-state index in [9.17, 15) is 22.0 Å². The normalized spacial score (nSPS) is 11.7. The summed E-state index contributed by atoms with van der Waals surface area (Å²) in [5.74, 6) is -3.29. The molecule has 10 heteroatoms. The zero-order chi connectivity index (χ0) is 26.9. The van der Waals surface area contributed by atoms with E-state index in [2.05, 4.69) is 9.97 Å². The summed E-state index contributed by atoms with van der Waals surface area (Å²) in [5, 5.41) is 0.203. The number of ketones is 1. The third kappa shape index (κ3) is 5.34. The molecule has 0 aliphatic carbocycles. The van der Waals surface area contributed by atoms with Gasteiger partial charge in [-0.2, -0.15) is 0 Å². The van der Waals surface area contributed by atoms with E-state index in [0.29, 0.717) is 16.8 Å². The van der Waals surface area contributed by atoms with Gasteiger partial charge in [0.1, 0.15) is 17.4 Å². The van der Waals surface area contributed by atoms with Gasteiger partial charge in [-0.1, -0.05) is 35.9 Å². The highest BCUT2D eigenvalue weighted by Crippen LogP contribution is 2.32. The van der Waals surface area contributed by atoms with Crippen molar-refractivity contribution in [2.75, 3.05) is 5.75 Å². The van der Waals surface area contributed by atoms with Gasteiger partial charge >= 0.3 is 0 Å². The minimum atomic E-state index is -4.25. The number of pyridine rings is 2. The van der Waals surface area contributed by atoms with Gasteiger partial charge in [0.25, 0.3) is 0 Å². The number of hydrogen-bond acceptors (Lipinski definition) is 5. The monoisotopic (exact) mass is 551 g/mol. The Hall–Kier alpha value is -3.95. The molecule has 2 aromatic carbocycles. The van der Waals surface area contributed by atoms with E-state index in [0.717, 1.165) is 22.8 Å². The van der Waals surface area contributed by atoms with Gasteiger partial charge in [-0.05, 0) is 41.5 Å². The van der Waals surface area contributed by atoms with Crippen molar-refractivity contribution in [3.05, 3.63) is 113 Å². The van der Waals surface area contributed by atoms with Crippen molar-refractivity contribution in [1.29, 1.82) is 0 Å². The van der Waals surface area contributed by atoms with Crippen molar-refractivity contribution in [2.24, 2.45) is 0 Å². The van der Waals surface area contributed by atoms with Crippen molar-refractivity contribution >= 4 is 38.1 Å². The Morgan fingerprint density at radius 2 is 1.84 bits per heavy atom. The Labute approximate surface area is 222 Å². The molecule has 3 aromatic heterocycles. The topological polar surface area (TPSA) is 81.9 Å². The highest BCUT2D eigenvalue weighted by molar-refractivity contribution is 7.92. The van der Waals surface area contributed by atoms with Gasteiger partial charge in [0, 0.05) is 55.1 Å². The highest BCUT2D eigenvalue weighted by atomic mass is 35.5. The fraction of sp³-hybridized carbons (Fsp3) is 0.107. The molecule has 0 atom stereocenters. The quantitative estimate of drug-likeness (QED) is 0.248. The number of benzene rings is 2. The van der Waals surface area contributed by atoms with Crippen LogP contribution in [0.15, 0.2) is 90.3 Å². The molecule has 0 fully saturated rings. The predicted octanol–water partition coefficient (Wildman–Crippen LogP) is 5.66. The Morgan fingerprint density at radius 1 is 1.00 bits per heavy atom. The second-order valence-electron chi connectivity index (χ2n) is 8.75. The second-order valence-corrected chi connectivity index (χ2v) is 11.1. The number of rotatable bonds is 8. The van der Waals surface area contributed by atoms with Crippen LogP contribution >= 0.6 is 11.6 Å². The standard InChI is InChI=1S/C28H20ClF2N3O3S/c29-24-14-32-9-7-23(24)19-5-3-4-18(10-19)15-34-16-27(28-25(31)11-20(30)12-26(28)34)38(36,37)17-22(35)13-21-6-1-2-8-33-21/h1-12,14,16H,13,15,17H2. The van der Waals surface area contributed by atoms with E-state index in [1.54, 1.807) is 30.5 Å². The zero-order valence-electron chi connectivity index (χ0n) is 19.8. The molecule has 38 heavy (non-hydrogen) atoms. The minimum Gasteiger partial charge on any atom is -0.342 e. The Morgan fingerprint density at radius 3 is 2.61 bits per heavy atom. The number of fused-ring (bicyclic) bond motifs is 1. The zero-order valence-corrected chi connectivity index (χ0v) is 21.4. The lowest BCUT2D eigenvalue weighted by Crippen LogP contribution is -2.18. The molecule has 0 bridgehead atoms. The fourth-order valence-corrected chi connectivity index (χ4v) is 6.07. The minimum absolute atomic E-state index is 0.0607. The highest BCUT2D eigenvalue weighted by Gasteiger charge is 2.27. The molecule has 0 aliphatic heterocycles. The van der Waals surface area contributed by atoms with Crippen LogP contribution in [0, 0.1) is 11.6 Å². The Bertz CT molecular complexity index is 1770. The first-order chi connectivity index (χ1) is 18.2. The lowest BCUT2D eigenvalue weighted by Gasteiger charge is -2.09. The molecule has 0 N–H and O–H groups in total.